The summed E-state index contributed by atoms with van der Waals surface area (Å²) in [7, 11) is 3.49. The van der Waals surface area contributed by atoms with Crippen LogP contribution >= 0.6 is 0 Å². The quantitative estimate of drug-likeness (QED) is 0.877. The molecule has 1 aromatic carbocycles. The highest BCUT2D eigenvalue weighted by Gasteiger charge is 2.10. The third-order valence-corrected chi connectivity index (χ3v) is 3.01. The summed E-state index contributed by atoms with van der Waals surface area (Å²) >= 11 is 0. The lowest BCUT2D eigenvalue weighted by Crippen LogP contribution is -2.05. The van der Waals surface area contributed by atoms with E-state index in [0.29, 0.717) is 12.5 Å². The van der Waals surface area contributed by atoms with Crippen LogP contribution in [-0.2, 0) is 13.0 Å². The highest BCUT2D eigenvalue weighted by Crippen LogP contribution is 2.23. The molecule has 5 nitrogen and oxygen atoms in total. The van der Waals surface area contributed by atoms with Gasteiger partial charge in [-0.05, 0) is 24.1 Å². The second-order valence-corrected chi connectivity index (χ2v) is 4.25. The number of aromatic nitrogens is 2. The van der Waals surface area contributed by atoms with Crippen LogP contribution in [0.25, 0.3) is 0 Å². The number of hydrogen-bond acceptors (Lipinski definition) is 5. The first kappa shape index (κ1) is 14.1. The van der Waals surface area contributed by atoms with E-state index in [1.807, 2.05) is 31.3 Å². The van der Waals surface area contributed by atoms with Gasteiger partial charge in [0.25, 0.3) is 0 Å². The van der Waals surface area contributed by atoms with Crippen LogP contribution in [0.4, 0.5) is 5.82 Å². The van der Waals surface area contributed by atoms with Crippen LogP contribution in [0.1, 0.15) is 18.1 Å². The summed E-state index contributed by atoms with van der Waals surface area (Å²) in [6.07, 6.45) is 2.32. The fourth-order valence-electron chi connectivity index (χ4n) is 1.97. The zero-order valence-electron chi connectivity index (χ0n) is 12.0. The molecule has 0 amide bonds. The van der Waals surface area contributed by atoms with Crippen molar-refractivity contribution in [3.8, 4) is 11.6 Å². The maximum absolute atomic E-state index is 5.81. The molecule has 0 aliphatic heterocycles. The van der Waals surface area contributed by atoms with Crippen molar-refractivity contribution in [2.75, 3.05) is 19.5 Å². The molecule has 20 heavy (non-hydrogen) atoms. The zero-order chi connectivity index (χ0) is 14.4. The summed E-state index contributed by atoms with van der Waals surface area (Å²) in [6, 6.07) is 7.79. The van der Waals surface area contributed by atoms with Crippen LogP contribution in [-0.4, -0.2) is 24.1 Å². The van der Waals surface area contributed by atoms with Crippen molar-refractivity contribution in [2.24, 2.45) is 0 Å². The fourth-order valence-corrected chi connectivity index (χ4v) is 1.97. The first-order valence-electron chi connectivity index (χ1n) is 6.55. The highest BCUT2D eigenvalue weighted by atomic mass is 16.5. The first-order chi connectivity index (χ1) is 9.78. The van der Waals surface area contributed by atoms with E-state index >= 15 is 0 Å². The molecule has 0 atom stereocenters. The molecule has 2 rings (SSSR count). The van der Waals surface area contributed by atoms with E-state index in [-0.39, 0.29) is 0 Å². The number of benzene rings is 1. The van der Waals surface area contributed by atoms with Gasteiger partial charge in [0.2, 0.25) is 5.88 Å². The topological polar surface area (TPSA) is 56.3 Å². The Labute approximate surface area is 119 Å². The van der Waals surface area contributed by atoms with Gasteiger partial charge in [0.15, 0.2) is 0 Å². The predicted octanol–water partition coefficient (Wildman–Crippen LogP) is 2.67. The monoisotopic (exact) mass is 273 g/mol. The molecule has 5 heteroatoms. The average Bonchev–Trinajstić information content (AvgIpc) is 2.52. The van der Waals surface area contributed by atoms with Crippen molar-refractivity contribution in [3.63, 3.8) is 0 Å². The molecule has 1 heterocycles. The number of nitrogens with zero attached hydrogens (tertiary/aromatic N) is 2. The van der Waals surface area contributed by atoms with Gasteiger partial charge in [-0.2, -0.15) is 0 Å². The summed E-state index contributed by atoms with van der Waals surface area (Å²) in [5.74, 6) is 2.25. The van der Waals surface area contributed by atoms with Crippen LogP contribution in [0.3, 0.4) is 0 Å². The summed E-state index contributed by atoms with van der Waals surface area (Å²) in [4.78, 5) is 8.40. The summed E-state index contributed by atoms with van der Waals surface area (Å²) in [6.45, 7) is 2.50. The molecular weight excluding hydrogens is 254 g/mol. The molecule has 0 radical (unpaired) electrons. The number of rotatable bonds is 6. The molecule has 2 aromatic rings. The normalized spacial score (nSPS) is 10.2. The Morgan fingerprint density at radius 2 is 2.10 bits per heavy atom. The molecule has 0 unspecified atom stereocenters. The Morgan fingerprint density at radius 3 is 2.80 bits per heavy atom. The van der Waals surface area contributed by atoms with Gasteiger partial charge in [-0.25, -0.2) is 9.97 Å². The summed E-state index contributed by atoms with van der Waals surface area (Å²) in [5, 5.41) is 3.05. The molecule has 0 aliphatic carbocycles. The van der Waals surface area contributed by atoms with Gasteiger partial charge in [-0.1, -0.05) is 19.1 Å². The number of nitrogens with one attached hydrogen (secondary N) is 1. The Hall–Kier alpha value is -2.30. The molecule has 0 spiro atoms. The van der Waals surface area contributed by atoms with E-state index in [1.54, 1.807) is 7.11 Å². The van der Waals surface area contributed by atoms with Crippen LogP contribution < -0.4 is 14.8 Å². The molecule has 106 valence electrons. The van der Waals surface area contributed by atoms with Gasteiger partial charge in [0.05, 0.1) is 12.7 Å². The van der Waals surface area contributed by atoms with E-state index in [9.17, 15) is 0 Å². The van der Waals surface area contributed by atoms with Gasteiger partial charge in [0.1, 0.15) is 24.5 Å². The van der Waals surface area contributed by atoms with Gasteiger partial charge in [0, 0.05) is 7.05 Å². The lowest BCUT2D eigenvalue weighted by molar-refractivity contribution is 0.289. The van der Waals surface area contributed by atoms with Crippen LogP contribution in [0.5, 0.6) is 11.6 Å². The maximum Gasteiger partial charge on any atom is 0.222 e. The Bertz CT molecular complexity index is 573. The molecule has 0 bridgehead atoms. The van der Waals surface area contributed by atoms with E-state index < -0.39 is 0 Å². The average molecular weight is 273 g/mol. The van der Waals surface area contributed by atoms with E-state index in [4.69, 9.17) is 9.47 Å². The third kappa shape index (κ3) is 3.17. The smallest absolute Gasteiger partial charge is 0.222 e. The maximum atomic E-state index is 5.81. The largest absolute Gasteiger partial charge is 0.497 e. The van der Waals surface area contributed by atoms with Crippen LogP contribution in [0, 0.1) is 0 Å². The lowest BCUT2D eigenvalue weighted by atomic mass is 10.2. The summed E-state index contributed by atoms with van der Waals surface area (Å²) < 4.78 is 11.0. The second-order valence-electron chi connectivity index (χ2n) is 4.25. The van der Waals surface area contributed by atoms with Crippen molar-refractivity contribution in [1.82, 2.24) is 9.97 Å². The molecular formula is C15H19N3O2. The van der Waals surface area contributed by atoms with Gasteiger partial charge >= 0.3 is 0 Å². The fraction of sp³-hybridized carbons (Fsp3) is 0.333. The number of methoxy groups -OCH3 is 1. The minimum atomic E-state index is 0.449. The second kappa shape index (κ2) is 6.75. The number of ether oxygens (including phenoxy) is 2. The van der Waals surface area contributed by atoms with Gasteiger partial charge < -0.3 is 14.8 Å². The van der Waals surface area contributed by atoms with Crippen molar-refractivity contribution < 1.29 is 9.47 Å². The van der Waals surface area contributed by atoms with Crippen molar-refractivity contribution in [2.45, 2.75) is 20.0 Å². The van der Waals surface area contributed by atoms with Gasteiger partial charge in [-0.3, -0.25) is 0 Å². The molecule has 0 saturated carbocycles. The van der Waals surface area contributed by atoms with E-state index in [2.05, 4.69) is 22.2 Å². The predicted molar refractivity (Wildman–Crippen MR) is 78.3 cm³/mol. The third-order valence-electron chi connectivity index (χ3n) is 3.01. The zero-order valence-corrected chi connectivity index (χ0v) is 12.0. The Morgan fingerprint density at radius 1 is 1.25 bits per heavy atom. The van der Waals surface area contributed by atoms with Gasteiger partial charge in [-0.15, -0.1) is 0 Å². The van der Waals surface area contributed by atoms with Crippen molar-refractivity contribution in [1.29, 1.82) is 0 Å². The Balaban J connectivity index is 2.14. The number of anilines is 1. The molecule has 0 fully saturated rings. The van der Waals surface area contributed by atoms with E-state index in [1.165, 1.54) is 6.33 Å². The minimum Gasteiger partial charge on any atom is -0.497 e. The van der Waals surface area contributed by atoms with Crippen LogP contribution in [0.2, 0.25) is 0 Å². The number of hydrogen-bond donors (Lipinski definition) is 1. The Kier molecular flexibility index (Phi) is 4.76. The van der Waals surface area contributed by atoms with E-state index in [0.717, 1.165) is 29.1 Å². The SMILES string of the molecule is CCc1c(NC)ncnc1OCc1cccc(OC)c1. The van der Waals surface area contributed by atoms with Crippen molar-refractivity contribution in [3.05, 3.63) is 41.7 Å². The molecule has 0 aliphatic rings. The standard InChI is InChI=1S/C15H19N3O2/c1-4-13-14(16-2)17-10-18-15(13)20-9-11-6-5-7-12(8-11)19-3/h5-8,10H,4,9H2,1-3H3,(H,16,17,18). The summed E-state index contributed by atoms with van der Waals surface area (Å²) in [5.41, 5.74) is 2.02. The van der Waals surface area contributed by atoms with Crippen LogP contribution in [0.15, 0.2) is 30.6 Å². The highest BCUT2D eigenvalue weighted by molar-refractivity contribution is 5.48. The molecule has 1 N–H and O–H groups in total. The molecule has 1 aromatic heterocycles. The van der Waals surface area contributed by atoms with Crippen molar-refractivity contribution >= 4 is 5.82 Å². The lowest BCUT2D eigenvalue weighted by Gasteiger charge is -2.12. The minimum absolute atomic E-state index is 0.449. The first-order valence-corrected chi connectivity index (χ1v) is 6.55. The molecule has 0 saturated heterocycles.